The third-order valence-corrected chi connectivity index (χ3v) is 3.48. The molecule has 0 unspecified atom stereocenters. The van der Waals surface area contributed by atoms with Gasteiger partial charge >= 0.3 is 0 Å². The first kappa shape index (κ1) is 17.0. The lowest BCUT2D eigenvalue weighted by molar-refractivity contribution is -0.115. The van der Waals surface area contributed by atoms with E-state index in [1.54, 1.807) is 38.4 Å². The van der Waals surface area contributed by atoms with Crippen LogP contribution >= 0.6 is 11.6 Å². The number of amides is 2. The lowest BCUT2D eigenvalue weighted by Crippen LogP contribution is -2.22. The molecule has 0 saturated heterocycles. The minimum absolute atomic E-state index is 0.0138. The summed E-state index contributed by atoms with van der Waals surface area (Å²) in [6.07, 6.45) is 0.0138. The van der Waals surface area contributed by atoms with E-state index in [0.717, 1.165) is 0 Å². The zero-order valence-electron chi connectivity index (χ0n) is 12.8. The molecule has 6 heteroatoms. The molecule has 0 atom stereocenters. The van der Waals surface area contributed by atoms with Crippen molar-refractivity contribution in [2.75, 3.05) is 19.4 Å². The van der Waals surface area contributed by atoms with Crippen LogP contribution in [-0.2, 0) is 11.2 Å². The maximum Gasteiger partial charge on any atom is 0.253 e. The van der Waals surface area contributed by atoms with Crippen LogP contribution in [0.25, 0.3) is 0 Å². The number of hydrogen-bond donors (Lipinski definition) is 1. The van der Waals surface area contributed by atoms with Crippen LogP contribution in [0.15, 0.2) is 42.5 Å². The van der Waals surface area contributed by atoms with E-state index >= 15 is 0 Å². The summed E-state index contributed by atoms with van der Waals surface area (Å²) in [7, 11) is 3.28. The molecule has 0 spiro atoms. The van der Waals surface area contributed by atoms with Crippen LogP contribution in [-0.4, -0.2) is 30.8 Å². The van der Waals surface area contributed by atoms with Crippen LogP contribution in [0, 0.1) is 5.82 Å². The van der Waals surface area contributed by atoms with Gasteiger partial charge in [-0.05, 0) is 35.9 Å². The Morgan fingerprint density at radius 3 is 2.57 bits per heavy atom. The van der Waals surface area contributed by atoms with Crippen molar-refractivity contribution < 1.29 is 14.0 Å². The third kappa shape index (κ3) is 4.53. The number of halogens is 2. The molecule has 0 aliphatic heterocycles. The molecular weight excluding hydrogens is 319 g/mol. The molecular formula is C17H16ClFN2O2. The molecule has 23 heavy (non-hydrogen) atoms. The number of hydrogen-bond acceptors (Lipinski definition) is 2. The Balaban J connectivity index is 2.14. The molecule has 0 aliphatic rings. The molecule has 4 nitrogen and oxygen atoms in total. The molecule has 2 amide bonds. The van der Waals surface area contributed by atoms with E-state index in [4.69, 9.17) is 11.6 Å². The summed E-state index contributed by atoms with van der Waals surface area (Å²) < 4.78 is 13.1. The number of nitrogens with one attached hydrogen (secondary N) is 1. The number of nitrogens with zero attached hydrogens (tertiary/aromatic N) is 1. The second kappa shape index (κ2) is 7.24. The fraction of sp³-hybridized carbons (Fsp3) is 0.176. The molecule has 0 heterocycles. The lowest BCUT2D eigenvalue weighted by atomic mass is 10.1. The highest BCUT2D eigenvalue weighted by Crippen LogP contribution is 2.24. The number of anilines is 1. The highest BCUT2D eigenvalue weighted by Gasteiger charge is 2.13. The summed E-state index contributed by atoms with van der Waals surface area (Å²) in [5.41, 5.74) is 1.32. The van der Waals surface area contributed by atoms with Gasteiger partial charge in [0.25, 0.3) is 5.91 Å². The van der Waals surface area contributed by atoms with E-state index in [2.05, 4.69) is 5.32 Å². The van der Waals surface area contributed by atoms with Crippen molar-refractivity contribution in [2.45, 2.75) is 6.42 Å². The van der Waals surface area contributed by atoms with Crippen molar-refractivity contribution in [3.8, 4) is 0 Å². The van der Waals surface area contributed by atoms with Gasteiger partial charge in [-0.25, -0.2) is 4.39 Å². The monoisotopic (exact) mass is 334 g/mol. The number of benzene rings is 2. The normalized spacial score (nSPS) is 10.3. The average molecular weight is 335 g/mol. The first-order valence-corrected chi connectivity index (χ1v) is 7.30. The first-order chi connectivity index (χ1) is 10.9. The topological polar surface area (TPSA) is 49.4 Å². The summed E-state index contributed by atoms with van der Waals surface area (Å²) in [6, 6.07) is 10.5. The maximum atomic E-state index is 13.1. The van der Waals surface area contributed by atoms with Crippen LogP contribution in [0.3, 0.4) is 0 Å². The lowest BCUT2D eigenvalue weighted by Gasteiger charge is -2.13. The first-order valence-electron chi connectivity index (χ1n) is 6.92. The molecule has 0 radical (unpaired) electrons. The Morgan fingerprint density at radius 2 is 1.91 bits per heavy atom. The van der Waals surface area contributed by atoms with Gasteiger partial charge in [0, 0.05) is 19.7 Å². The largest absolute Gasteiger partial charge is 0.345 e. The second-order valence-electron chi connectivity index (χ2n) is 5.25. The summed E-state index contributed by atoms with van der Waals surface area (Å²) in [5, 5.41) is 2.98. The van der Waals surface area contributed by atoms with E-state index in [1.807, 2.05) is 0 Å². The van der Waals surface area contributed by atoms with Crippen LogP contribution in [0.1, 0.15) is 15.9 Å². The minimum Gasteiger partial charge on any atom is -0.345 e. The van der Waals surface area contributed by atoms with Gasteiger partial charge in [0.15, 0.2) is 0 Å². The van der Waals surface area contributed by atoms with Gasteiger partial charge in [-0.2, -0.15) is 0 Å². The van der Waals surface area contributed by atoms with E-state index in [9.17, 15) is 14.0 Å². The predicted molar refractivity (Wildman–Crippen MR) is 88.2 cm³/mol. The quantitative estimate of drug-likeness (QED) is 0.932. The Labute approximate surface area is 138 Å². The van der Waals surface area contributed by atoms with E-state index < -0.39 is 5.82 Å². The van der Waals surface area contributed by atoms with Gasteiger partial charge < -0.3 is 10.2 Å². The van der Waals surface area contributed by atoms with Gasteiger partial charge in [-0.3, -0.25) is 9.59 Å². The molecule has 1 N–H and O–H groups in total. The van der Waals surface area contributed by atoms with Crippen LogP contribution in [0.2, 0.25) is 5.02 Å². The van der Waals surface area contributed by atoms with Crippen LogP contribution in [0.5, 0.6) is 0 Å². The van der Waals surface area contributed by atoms with Crippen molar-refractivity contribution in [1.82, 2.24) is 4.90 Å². The van der Waals surface area contributed by atoms with Crippen molar-refractivity contribution in [3.05, 3.63) is 64.4 Å². The van der Waals surface area contributed by atoms with Crippen LogP contribution in [0.4, 0.5) is 10.1 Å². The summed E-state index contributed by atoms with van der Waals surface area (Å²) in [5.74, 6) is -0.929. The molecule has 0 aliphatic carbocycles. The van der Waals surface area contributed by atoms with E-state index in [1.165, 1.54) is 23.1 Å². The SMILES string of the molecule is CN(C)C(=O)c1ccc(Cl)c(NC(=O)Cc2cccc(F)c2)c1. The van der Waals surface area contributed by atoms with Gasteiger partial charge in [-0.15, -0.1) is 0 Å². The Kier molecular flexibility index (Phi) is 5.34. The maximum absolute atomic E-state index is 13.1. The fourth-order valence-corrected chi connectivity index (χ4v) is 2.20. The van der Waals surface area contributed by atoms with Gasteiger partial charge in [-0.1, -0.05) is 23.7 Å². The summed E-state index contributed by atoms with van der Waals surface area (Å²) in [4.78, 5) is 25.5. The van der Waals surface area contributed by atoms with Crippen molar-refractivity contribution in [1.29, 1.82) is 0 Å². The molecule has 0 fully saturated rings. The number of rotatable bonds is 4. The zero-order valence-corrected chi connectivity index (χ0v) is 13.5. The molecule has 2 aromatic rings. The van der Waals surface area contributed by atoms with Crippen molar-refractivity contribution >= 4 is 29.1 Å². The number of carbonyl (C=O) groups excluding carboxylic acids is 2. The van der Waals surface area contributed by atoms with Crippen molar-refractivity contribution in [2.24, 2.45) is 0 Å². The highest BCUT2D eigenvalue weighted by atomic mass is 35.5. The Bertz CT molecular complexity index is 747. The Morgan fingerprint density at radius 1 is 1.17 bits per heavy atom. The molecule has 2 aromatic carbocycles. The average Bonchev–Trinajstić information content (AvgIpc) is 2.48. The summed E-state index contributed by atoms with van der Waals surface area (Å²) in [6.45, 7) is 0. The number of carbonyl (C=O) groups is 2. The Hall–Kier alpha value is -2.40. The smallest absolute Gasteiger partial charge is 0.253 e. The van der Waals surface area contributed by atoms with E-state index in [-0.39, 0.29) is 18.2 Å². The molecule has 0 bridgehead atoms. The minimum atomic E-state index is -0.396. The molecule has 0 aromatic heterocycles. The highest BCUT2D eigenvalue weighted by molar-refractivity contribution is 6.33. The van der Waals surface area contributed by atoms with Crippen LogP contribution < -0.4 is 5.32 Å². The molecule has 0 saturated carbocycles. The van der Waals surface area contributed by atoms with Gasteiger partial charge in [0.2, 0.25) is 5.91 Å². The second-order valence-corrected chi connectivity index (χ2v) is 5.66. The zero-order chi connectivity index (χ0) is 17.0. The van der Waals surface area contributed by atoms with Crippen molar-refractivity contribution in [3.63, 3.8) is 0 Å². The third-order valence-electron chi connectivity index (χ3n) is 3.15. The predicted octanol–water partition coefficient (Wildman–Crippen LogP) is 3.36. The van der Waals surface area contributed by atoms with Gasteiger partial charge in [0.1, 0.15) is 5.82 Å². The van der Waals surface area contributed by atoms with Gasteiger partial charge in [0.05, 0.1) is 17.1 Å². The fourth-order valence-electron chi connectivity index (χ4n) is 2.04. The molecule has 120 valence electrons. The summed E-state index contributed by atoms with van der Waals surface area (Å²) >= 11 is 6.05. The van der Waals surface area contributed by atoms with E-state index in [0.29, 0.717) is 21.8 Å². The molecule has 2 rings (SSSR count). The standard InChI is InChI=1S/C17H16ClFN2O2/c1-21(2)17(23)12-6-7-14(18)15(10-12)20-16(22)9-11-4-3-5-13(19)8-11/h3-8,10H,9H2,1-2H3,(H,20,22).